The van der Waals surface area contributed by atoms with E-state index in [1.807, 2.05) is 6.07 Å². The second-order valence-electron chi connectivity index (χ2n) is 7.00. The number of fused-ring (bicyclic) bond motifs is 1. The van der Waals surface area contributed by atoms with Crippen molar-refractivity contribution in [2.75, 3.05) is 7.11 Å². The molecular formula is C19H24N2O5. The van der Waals surface area contributed by atoms with Gasteiger partial charge in [0.1, 0.15) is 11.6 Å². The third kappa shape index (κ3) is 4.62. The summed E-state index contributed by atoms with van der Waals surface area (Å²) in [6, 6.07) is 6.43. The van der Waals surface area contributed by atoms with Crippen LogP contribution in [-0.4, -0.2) is 41.3 Å². The summed E-state index contributed by atoms with van der Waals surface area (Å²) < 4.78 is 11.6. The molecule has 0 aliphatic rings. The number of rotatable bonds is 4. The van der Waals surface area contributed by atoms with Crippen molar-refractivity contribution in [3.63, 3.8) is 0 Å². The van der Waals surface area contributed by atoms with E-state index in [9.17, 15) is 14.4 Å². The predicted octanol–water partition coefficient (Wildman–Crippen LogP) is 2.64. The molecule has 1 atom stereocenters. The van der Waals surface area contributed by atoms with Gasteiger partial charge in [-0.05, 0) is 38.5 Å². The first kappa shape index (κ1) is 19.5. The number of benzene rings is 1. The van der Waals surface area contributed by atoms with Gasteiger partial charge in [-0.3, -0.25) is 9.36 Å². The van der Waals surface area contributed by atoms with Crippen LogP contribution in [-0.2, 0) is 25.5 Å². The minimum absolute atomic E-state index is 0.252. The predicted molar refractivity (Wildman–Crippen MR) is 96.9 cm³/mol. The lowest BCUT2D eigenvalue weighted by Crippen LogP contribution is -2.42. The van der Waals surface area contributed by atoms with Gasteiger partial charge in [0.2, 0.25) is 5.91 Å². The van der Waals surface area contributed by atoms with Crippen molar-refractivity contribution < 1.29 is 23.9 Å². The van der Waals surface area contributed by atoms with Gasteiger partial charge in [0, 0.05) is 24.9 Å². The van der Waals surface area contributed by atoms with Crippen molar-refractivity contribution >= 4 is 28.9 Å². The summed E-state index contributed by atoms with van der Waals surface area (Å²) in [4.78, 5) is 35.7. The fourth-order valence-electron chi connectivity index (χ4n) is 2.68. The molecule has 0 aliphatic carbocycles. The molecule has 1 aromatic heterocycles. The molecular weight excluding hydrogens is 336 g/mol. The van der Waals surface area contributed by atoms with E-state index in [2.05, 4.69) is 5.32 Å². The molecule has 2 aromatic rings. The van der Waals surface area contributed by atoms with Crippen LogP contribution in [0.15, 0.2) is 30.5 Å². The van der Waals surface area contributed by atoms with Crippen LogP contribution in [0.25, 0.3) is 10.9 Å². The van der Waals surface area contributed by atoms with Gasteiger partial charge in [-0.2, -0.15) is 0 Å². The lowest BCUT2D eigenvalue weighted by Gasteiger charge is -2.20. The normalized spacial score (nSPS) is 12.5. The summed E-state index contributed by atoms with van der Waals surface area (Å²) in [7, 11) is 1.27. The minimum atomic E-state index is -0.798. The topological polar surface area (TPSA) is 86.6 Å². The molecule has 26 heavy (non-hydrogen) atoms. The van der Waals surface area contributed by atoms with Gasteiger partial charge in [0.05, 0.1) is 12.6 Å². The highest BCUT2D eigenvalue weighted by atomic mass is 16.6. The number of aromatic nitrogens is 1. The molecule has 140 valence electrons. The van der Waals surface area contributed by atoms with Crippen LogP contribution in [0.2, 0.25) is 0 Å². The molecule has 0 fully saturated rings. The summed E-state index contributed by atoms with van der Waals surface area (Å²) in [6.07, 6.45) is 1.41. The molecule has 1 amide bonds. The monoisotopic (exact) mass is 360 g/mol. The van der Waals surface area contributed by atoms with E-state index in [-0.39, 0.29) is 12.3 Å². The van der Waals surface area contributed by atoms with Crippen molar-refractivity contribution in [3.05, 3.63) is 36.0 Å². The van der Waals surface area contributed by atoms with Gasteiger partial charge in [-0.15, -0.1) is 0 Å². The minimum Gasteiger partial charge on any atom is -0.467 e. The molecule has 7 heteroatoms. The Bertz CT molecular complexity index is 832. The van der Waals surface area contributed by atoms with Gasteiger partial charge < -0.3 is 14.8 Å². The van der Waals surface area contributed by atoms with E-state index in [4.69, 9.17) is 9.47 Å². The molecule has 7 nitrogen and oxygen atoms in total. The standard InChI is InChI=1S/C19H24N2O5/c1-12(22)20-15(17(23)25-5)11-13-7-6-8-16-14(13)9-10-21(16)18(24)26-19(2,3)4/h6-10,15H,11H2,1-5H3,(H,20,22)/t15-/m0/s1. The number of nitrogens with zero attached hydrogens (tertiary/aromatic N) is 1. The van der Waals surface area contributed by atoms with E-state index in [0.717, 1.165) is 10.9 Å². The highest BCUT2D eigenvalue weighted by Crippen LogP contribution is 2.23. The Labute approximate surface area is 152 Å². The summed E-state index contributed by atoms with van der Waals surface area (Å²) in [5, 5.41) is 3.40. The molecule has 0 spiro atoms. The number of ether oxygens (including phenoxy) is 2. The molecule has 1 heterocycles. The number of hydrogen-bond donors (Lipinski definition) is 1. The number of nitrogens with one attached hydrogen (secondary N) is 1. The number of carbonyl (C=O) groups is 3. The maximum atomic E-state index is 12.4. The molecule has 0 saturated carbocycles. The number of carbonyl (C=O) groups excluding carboxylic acids is 3. The van der Waals surface area contributed by atoms with Crippen molar-refractivity contribution in [3.8, 4) is 0 Å². The first-order valence-corrected chi connectivity index (χ1v) is 8.29. The van der Waals surface area contributed by atoms with Gasteiger partial charge in [0.25, 0.3) is 0 Å². The average molecular weight is 360 g/mol. The lowest BCUT2D eigenvalue weighted by atomic mass is 10.0. The zero-order valence-corrected chi connectivity index (χ0v) is 15.7. The van der Waals surface area contributed by atoms with Crippen LogP contribution >= 0.6 is 0 Å². The van der Waals surface area contributed by atoms with Crippen molar-refractivity contribution in [2.24, 2.45) is 0 Å². The molecule has 1 aromatic carbocycles. The maximum absolute atomic E-state index is 12.4. The summed E-state index contributed by atoms with van der Waals surface area (Å²) in [5.74, 6) is -0.845. The van der Waals surface area contributed by atoms with Gasteiger partial charge in [-0.25, -0.2) is 9.59 Å². The van der Waals surface area contributed by atoms with Gasteiger partial charge in [-0.1, -0.05) is 12.1 Å². The SMILES string of the molecule is COC(=O)[C@H](Cc1cccc2c1ccn2C(=O)OC(C)(C)C)NC(C)=O. The van der Waals surface area contributed by atoms with E-state index < -0.39 is 23.7 Å². The number of hydrogen-bond acceptors (Lipinski definition) is 5. The van der Waals surface area contributed by atoms with E-state index in [1.165, 1.54) is 18.6 Å². The van der Waals surface area contributed by atoms with Crippen molar-refractivity contribution in [2.45, 2.75) is 45.8 Å². The summed E-state index contributed by atoms with van der Waals surface area (Å²) in [6.45, 7) is 6.75. The molecule has 0 radical (unpaired) electrons. The number of esters is 1. The van der Waals surface area contributed by atoms with Crippen molar-refractivity contribution in [1.29, 1.82) is 0 Å². The number of methoxy groups -OCH3 is 1. The second-order valence-corrected chi connectivity index (χ2v) is 7.00. The molecule has 0 saturated heterocycles. The third-order valence-electron chi connectivity index (χ3n) is 3.70. The molecule has 0 bridgehead atoms. The van der Waals surface area contributed by atoms with E-state index >= 15 is 0 Å². The molecule has 0 unspecified atom stereocenters. The Balaban J connectivity index is 2.36. The highest BCUT2D eigenvalue weighted by Gasteiger charge is 2.23. The maximum Gasteiger partial charge on any atom is 0.418 e. The van der Waals surface area contributed by atoms with Crippen molar-refractivity contribution in [1.82, 2.24) is 9.88 Å². The van der Waals surface area contributed by atoms with Crippen LogP contribution in [0.5, 0.6) is 0 Å². The second kappa shape index (κ2) is 7.59. The Hall–Kier alpha value is -2.83. The lowest BCUT2D eigenvalue weighted by molar-refractivity contribution is -0.144. The fourth-order valence-corrected chi connectivity index (χ4v) is 2.68. The van der Waals surface area contributed by atoms with E-state index in [1.54, 1.807) is 45.2 Å². The summed E-state index contributed by atoms with van der Waals surface area (Å²) >= 11 is 0. The Morgan fingerprint density at radius 2 is 1.88 bits per heavy atom. The Morgan fingerprint density at radius 1 is 1.19 bits per heavy atom. The fraction of sp³-hybridized carbons (Fsp3) is 0.421. The smallest absolute Gasteiger partial charge is 0.418 e. The van der Waals surface area contributed by atoms with Crippen LogP contribution in [0.1, 0.15) is 33.3 Å². The van der Waals surface area contributed by atoms with Crippen LogP contribution in [0, 0.1) is 0 Å². The average Bonchev–Trinajstić information content (AvgIpc) is 2.96. The van der Waals surface area contributed by atoms with E-state index in [0.29, 0.717) is 5.52 Å². The zero-order chi connectivity index (χ0) is 19.5. The molecule has 2 rings (SSSR count). The molecule has 0 aliphatic heterocycles. The first-order valence-electron chi connectivity index (χ1n) is 8.29. The third-order valence-corrected chi connectivity index (χ3v) is 3.70. The first-order chi connectivity index (χ1) is 12.1. The Morgan fingerprint density at radius 3 is 2.46 bits per heavy atom. The van der Waals surface area contributed by atoms with Crippen LogP contribution in [0.4, 0.5) is 4.79 Å². The van der Waals surface area contributed by atoms with Gasteiger partial charge in [0.15, 0.2) is 0 Å². The Kier molecular flexibility index (Phi) is 5.69. The highest BCUT2D eigenvalue weighted by molar-refractivity contribution is 5.92. The quantitative estimate of drug-likeness (QED) is 0.847. The van der Waals surface area contributed by atoms with Gasteiger partial charge >= 0.3 is 12.1 Å². The molecule has 1 N–H and O–H groups in total. The van der Waals surface area contributed by atoms with Crippen LogP contribution in [0.3, 0.4) is 0 Å². The number of amides is 1. The largest absolute Gasteiger partial charge is 0.467 e. The zero-order valence-electron chi connectivity index (χ0n) is 15.7. The summed E-state index contributed by atoms with van der Waals surface area (Å²) in [5.41, 5.74) is 0.879. The van der Waals surface area contributed by atoms with Crippen LogP contribution < -0.4 is 5.32 Å².